The van der Waals surface area contributed by atoms with Gasteiger partial charge in [-0.1, -0.05) is 39.0 Å². The van der Waals surface area contributed by atoms with E-state index in [0.29, 0.717) is 11.3 Å². The van der Waals surface area contributed by atoms with E-state index in [1.165, 1.54) is 41.3 Å². The Hall–Kier alpha value is -3.16. The molecule has 2 aromatic rings. The number of hydrogen-bond donors (Lipinski definition) is 1. The van der Waals surface area contributed by atoms with Crippen LogP contribution in [0.3, 0.4) is 0 Å². The fourth-order valence-electron chi connectivity index (χ4n) is 3.11. The quantitative estimate of drug-likeness (QED) is 0.537. The zero-order valence-corrected chi connectivity index (χ0v) is 16.0. The number of rotatable bonds is 7. The molecule has 0 radical (unpaired) electrons. The maximum absolute atomic E-state index is 13.3. The van der Waals surface area contributed by atoms with Gasteiger partial charge in [0, 0.05) is 18.2 Å². The molecule has 7 nitrogen and oxygen atoms in total. The average Bonchev–Trinajstić information content (AvgIpc) is 2.60. The molecule has 1 atom stereocenters. The molecule has 0 fully saturated rings. The van der Waals surface area contributed by atoms with Gasteiger partial charge in [-0.15, -0.1) is 0 Å². The number of nitro benzene ring substituents is 1. The van der Waals surface area contributed by atoms with E-state index >= 15 is 0 Å². The highest BCUT2D eigenvalue weighted by Gasteiger charge is 2.35. The van der Waals surface area contributed by atoms with Gasteiger partial charge >= 0.3 is 6.09 Å². The molecule has 0 aliphatic rings. The van der Waals surface area contributed by atoms with Crippen molar-refractivity contribution in [2.75, 3.05) is 13.2 Å². The van der Waals surface area contributed by atoms with E-state index in [1.807, 2.05) is 20.8 Å². The summed E-state index contributed by atoms with van der Waals surface area (Å²) in [4.78, 5) is 23.7. The molecule has 0 aliphatic carbocycles. The van der Waals surface area contributed by atoms with Crippen LogP contribution in [0, 0.1) is 21.3 Å². The molecule has 1 amide bonds. The second-order valence-electron chi connectivity index (χ2n) is 7.40. The molecule has 0 aromatic heterocycles. The Kier molecular flexibility index (Phi) is 6.56. The zero-order chi connectivity index (χ0) is 20.9. The number of halogens is 1. The molecule has 0 heterocycles. The number of hydrogen-bond acceptors (Lipinski definition) is 4. The molecule has 1 unspecified atom stereocenters. The van der Waals surface area contributed by atoms with Gasteiger partial charge in [-0.2, -0.15) is 0 Å². The molecule has 0 bridgehead atoms. The van der Waals surface area contributed by atoms with E-state index in [0.717, 1.165) is 0 Å². The minimum atomic E-state index is -1.17. The van der Waals surface area contributed by atoms with Gasteiger partial charge in [0.15, 0.2) is 0 Å². The Labute approximate surface area is 162 Å². The molecule has 0 saturated heterocycles. The van der Waals surface area contributed by atoms with Crippen LogP contribution in [0.15, 0.2) is 48.5 Å². The largest absolute Gasteiger partial charge is 0.492 e. The van der Waals surface area contributed by atoms with E-state index in [-0.39, 0.29) is 18.8 Å². The lowest BCUT2D eigenvalue weighted by Crippen LogP contribution is -2.42. The van der Waals surface area contributed by atoms with Gasteiger partial charge in [0.1, 0.15) is 18.2 Å². The van der Waals surface area contributed by atoms with Crippen molar-refractivity contribution in [3.8, 4) is 5.75 Å². The molecule has 1 N–H and O–H groups in total. The second-order valence-corrected chi connectivity index (χ2v) is 7.40. The maximum Gasteiger partial charge on any atom is 0.407 e. The van der Waals surface area contributed by atoms with Gasteiger partial charge in [-0.05, 0) is 23.1 Å². The summed E-state index contributed by atoms with van der Waals surface area (Å²) in [6.07, 6.45) is -1.17. The van der Waals surface area contributed by atoms with Gasteiger partial charge in [-0.3, -0.25) is 15.0 Å². The van der Waals surface area contributed by atoms with E-state index < -0.39 is 28.3 Å². The number of amides is 1. The maximum atomic E-state index is 13.3. The monoisotopic (exact) mass is 390 g/mol. The van der Waals surface area contributed by atoms with Crippen molar-refractivity contribution in [3.63, 3.8) is 0 Å². The van der Waals surface area contributed by atoms with E-state index in [9.17, 15) is 24.4 Å². The first-order valence-corrected chi connectivity index (χ1v) is 8.72. The smallest absolute Gasteiger partial charge is 0.407 e. The highest BCUT2D eigenvalue weighted by molar-refractivity contribution is 5.66. The van der Waals surface area contributed by atoms with Crippen molar-refractivity contribution in [1.82, 2.24) is 4.90 Å². The zero-order valence-electron chi connectivity index (χ0n) is 16.0. The predicted octanol–water partition coefficient (Wildman–Crippen LogP) is 4.88. The molecular weight excluding hydrogens is 367 g/mol. The number of carboxylic acid groups (broad SMARTS) is 1. The lowest BCUT2D eigenvalue weighted by Gasteiger charge is -2.39. The summed E-state index contributed by atoms with van der Waals surface area (Å²) in [7, 11) is 0. The second kappa shape index (κ2) is 8.69. The van der Waals surface area contributed by atoms with Gasteiger partial charge in [0.25, 0.3) is 5.69 Å². The van der Waals surface area contributed by atoms with E-state index in [2.05, 4.69) is 0 Å². The summed E-state index contributed by atoms with van der Waals surface area (Å²) in [5.74, 6) is -0.148. The third-order valence-corrected chi connectivity index (χ3v) is 4.17. The van der Waals surface area contributed by atoms with Crippen molar-refractivity contribution in [2.45, 2.75) is 26.8 Å². The van der Waals surface area contributed by atoms with Crippen LogP contribution in [0.1, 0.15) is 32.4 Å². The summed E-state index contributed by atoms with van der Waals surface area (Å²) >= 11 is 0. The number of ether oxygens (including phenoxy) is 1. The van der Waals surface area contributed by atoms with Crippen molar-refractivity contribution < 1.29 is 24.0 Å². The van der Waals surface area contributed by atoms with Crippen LogP contribution in [0.25, 0.3) is 0 Å². The highest BCUT2D eigenvalue weighted by atomic mass is 19.1. The standard InChI is InChI=1S/C20H23FN2O5/c1-20(2,3)18(14-6-4-8-16(12-14)23(26)27)22(19(24)25)10-11-28-17-9-5-7-15(21)13-17/h4-9,12-13,18H,10-11H2,1-3H3,(H,24,25). The fraction of sp³-hybridized carbons (Fsp3) is 0.350. The number of nitro groups is 1. The summed E-state index contributed by atoms with van der Waals surface area (Å²) in [5, 5.41) is 20.9. The SMILES string of the molecule is CC(C)(C)C(c1cccc([N+](=O)[O-])c1)N(CCOc1cccc(F)c1)C(=O)O. The Bertz CT molecular complexity index is 850. The number of nitrogens with zero attached hydrogens (tertiary/aromatic N) is 2. The Morgan fingerprint density at radius 1 is 1.25 bits per heavy atom. The van der Waals surface area contributed by atoms with Crippen LogP contribution in [-0.2, 0) is 0 Å². The van der Waals surface area contributed by atoms with Crippen LogP contribution < -0.4 is 4.74 Å². The summed E-state index contributed by atoms with van der Waals surface area (Å²) < 4.78 is 18.7. The molecule has 0 aliphatic heterocycles. The van der Waals surface area contributed by atoms with Gasteiger partial charge in [-0.25, -0.2) is 9.18 Å². The third kappa shape index (κ3) is 5.42. The van der Waals surface area contributed by atoms with Gasteiger partial charge < -0.3 is 9.84 Å². The van der Waals surface area contributed by atoms with Crippen LogP contribution in [0.4, 0.5) is 14.9 Å². The van der Waals surface area contributed by atoms with E-state index in [4.69, 9.17) is 4.74 Å². The summed E-state index contributed by atoms with van der Waals surface area (Å²) in [6, 6.07) is 10.9. The Morgan fingerprint density at radius 2 is 1.93 bits per heavy atom. The minimum Gasteiger partial charge on any atom is -0.492 e. The van der Waals surface area contributed by atoms with Crippen molar-refractivity contribution >= 4 is 11.8 Å². The molecular formula is C20H23FN2O5. The highest BCUT2D eigenvalue weighted by Crippen LogP contribution is 2.39. The van der Waals surface area contributed by atoms with Crippen LogP contribution in [0.2, 0.25) is 0 Å². The summed E-state index contributed by atoms with van der Waals surface area (Å²) in [6.45, 7) is 5.60. The first kappa shape index (κ1) is 21.1. The average molecular weight is 390 g/mol. The fourth-order valence-corrected chi connectivity index (χ4v) is 3.11. The number of benzene rings is 2. The van der Waals surface area contributed by atoms with Crippen LogP contribution in [-0.4, -0.2) is 34.2 Å². The van der Waals surface area contributed by atoms with Crippen LogP contribution in [0.5, 0.6) is 5.75 Å². The molecule has 2 rings (SSSR count). The molecule has 0 spiro atoms. The molecule has 2 aromatic carbocycles. The predicted molar refractivity (Wildman–Crippen MR) is 102 cm³/mol. The molecule has 150 valence electrons. The number of non-ortho nitro benzene ring substituents is 1. The van der Waals surface area contributed by atoms with Crippen molar-refractivity contribution in [3.05, 3.63) is 70.0 Å². The van der Waals surface area contributed by atoms with Gasteiger partial charge in [0.2, 0.25) is 0 Å². The molecule has 28 heavy (non-hydrogen) atoms. The lowest BCUT2D eigenvalue weighted by atomic mass is 9.81. The number of carbonyl (C=O) groups is 1. The van der Waals surface area contributed by atoms with Crippen molar-refractivity contribution in [1.29, 1.82) is 0 Å². The van der Waals surface area contributed by atoms with E-state index in [1.54, 1.807) is 12.1 Å². The minimum absolute atomic E-state index is 0.0104. The topological polar surface area (TPSA) is 92.9 Å². The summed E-state index contributed by atoms with van der Waals surface area (Å²) in [5.41, 5.74) is -0.116. The van der Waals surface area contributed by atoms with Crippen molar-refractivity contribution in [2.24, 2.45) is 5.41 Å². The van der Waals surface area contributed by atoms with Crippen LogP contribution >= 0.6 is 0 Å². The first-order valence-electron chi connectivity index (χ1n) is 8.72. The third-order valence-electron chi connectivity index (χ3n) is 4.17. The normalized spacial score (nSPS) is 12.3. The molecule has 0 saturated carbocycles. The lowest BCUT2D eigenvalue weighted by molar-refractivity contribution is -0.385. The Balaban J connectivity index is 2.26. The Morgan fingerprint density at radius 3 is 2.50 bits per heavy atom. The first-order chi connectivity index (χ1) is 13.1. The molecule has 8 heteroatoms. The van der Waals surface area contributed by atoms with Gasteiger partial charge in [0.05, 0.1) is 17.5 Å².